The Bertz CT molecular complexity index is 422. The zero-order valence-electron chi connectivity index (χ0n) is 9.40. The maximum atomic E-state index is 8.85. The molecule has 0 aliphatic carbocycles. The molecule has 1 heterocycles. The number of rotatable bonds is 2. The molecule has 1 atom stereocenters. The fraction of sp³-hybridized carbons (Fsp3) is 0.417. The summed E-state index contributed by atoms with van der Waals surface area (Å²) in [7, 11) is 0. The van der Waals surface area contributed by atoms with Crippen LogP contribution in [0.1, 0.15) is 12.5 Å². The molecule has 0 fully saturated rings. The number of hydrogen-bond donors (Lipinski definition) is 2. The van der Waals surface area contributed by atoms with E-state index in [4.69, 9.17) is 11.0 Å². The normalized spacial score (nSPS) is 15.9. The molecule has 4 heteroatoms. The van der Waals surface area contributed by atoms with Crippen molar-refractivity contribution in [2.75, 3.05) is 29.9 Å². The van der Waals surface area contributed by atoms with Gasteiger partial charge in [-0.15, -0.1) is 0 Å². The Morgan fingerprint density at radius 1 is 1.62 bits per heavy atom. The van der Waals surface area contributed by atoms with Crippen molar-refractivity contribution in [2.45, 2.75) is 13.0 Å². The van der Waals surface area contributed by atoms with Gasteiger partial charge in [-0.2, -0.15) is 5.26 Å². The lowest BCUT2D eigenvalue weighted by molar-refractivity contribution is 0.641. The van der Waals surface area contributed by atoms with Crippen molar-refractivity contribution in [2.24, 2.45) is 5.73 Å². The highest BCUT2D eigenvalue weighted by Gasteiger charge is 2.20. The molecule has 1 aromatic rings. The lowest BCUT2D eigenvalue weighted by Gasteiger charge is -2.36. The van der Waals surface area contributed by atoms with Crippen LogP contribution in [0.15, 0.2) is 18.2 Å². The van der Waals surface area contributed by atoms with E-state index in [9.17, 15) is 0 Å². The van der Waals surface area contributed by atoms with Gasteiger partial charge in [0.05, 0.1) is 23.0 Å². The summed E-state index contributed by atoms with van der Waals surface area (Å²) >= 11 is 0. The Labute approximate surface area is 95.7 Å². The third kappa shape index (κ3) is 1.82. The van der Waals surface area contributed by atoms with Crippen LogP contribution in [-0.4, -0.2) is 25.7 Å². The molecule has 1 aliphatic heterocycles. The second-order valence-corrected chi connectivity index (χ2v) is 4.05. The van der Waals surface area contributed by atoms with Gasteiger partial charge in [-0.3, -0.25) is 0 Å². The maximum absolute atomic E-state index is 8.85. The van der Waals surface area contributed by atoms with Gasteiger partial charge in [-0.25, -0.2) is 0 Å². The van der Waals surface area contributed by atoms with Crippen LogP contribution in [0.2, 0.25) is 0 Å². The van der Waals surface area contributed by atoms with Crippen molar-refractivity contribution in [1.29, 1.82) is 5.26 Å². The first-order chi connectivity index (χ1) is 7.76. The summed E-state index contributed by atoms with van der Waals surface area (Å²) in [6.45, 7) is 4.61. The van der Waals surface area contributed by atoms with Crippen LogP contribution >= 0.6 is 0 Å². The molecule has 0 amide bonds. The van der Waals surface area contributed by atoms with E-state index in [2.05, 4.69) is 23.2 Å². The second-order valence-electron chi connectivity index (χ2n) is 4.05. The SMILES string of the molecule is CC(CN)N1CCNc2cc(C#N)ccc21. The lowest BCUT2D eigenvalue weighted by Crippen LogP contribution is -2.43. The number of nitriles is 1. The Hall–Kier alpha value is -1.73. The summed E-state index contributed by atoms with van der Waals surface area (Å²) in [6, 6.07) is 8.21. The van der Waals surface area contributed by atoms with Gasteiger partial charge in [0.2, 0.25) is 0 Å². The molecule has 84 valence electrons. The minimum absolute atomic E-state index is 0.328. The number of benzene rings is 1. The number of hydrogen-bond acceptors (Lipinski definition) is 4. The van der Waals surface area contributed by atoms with Crippen molar-refractivity contribution in [3.63, 3.8) is 0 Å². The number of nitrogens with one attached hydrogen (secondary N) is 1. The smallest absolute Gasteiger partial charge is 0.0992 e. The van der Waals surface area contributed by atoms with E-state index in [1.54, 1.807) is 0 Å². The molecular formula is C12H16N4. The minimum atomic E-state index is 0.328. The van der Waals surface area contributed by atoms with E-state index in [1.165, 1.54) is 0 Å². The Kier molecular flexibility index (Phi) is 2.97. The third-order valence-corrected chi connectivity index (χ3v) is 2.98. The van der Waals surface area contributed by atoms with Crippen LogP contribution in [0.5, 0.6) is 0 Å². The zero-order chi connectivity index (χ0) is 11.5. The summed E-state index contributed by atoms with van der Waals surface area (Å²) in [6.07, 6.45) is 0. The Balaban J connectivity index is 2.36. The van der Waals surface area contributed by atoms with E-state index in [-0.39, 0.29) is 0 Å². The van der Waals surface area contributed by atoms with E-state index in [0.717, 1.165) is 24.5 Å². The monoisotopic (exact) mass is 216 g/mol. The topological polar surface area (TPSA) is 65.1 Å². The van der Waals surface area contributed by atoms with Crippen molar-refractivity contribution >= 4 is 11.4 Å². The predicted molar refractivity (Wildman–Crippen MR) is 65.5 cm³/mol. The average Bonchev–Trinajstić information content (AvgIpc) is 2.36. The van der Waals surface area contributed by atoms with Gasteiger partial charge >= 0.3 is 0 Å². The van der Waals surface area contributed by atoms with E-state index < -0.39 is 0 Å². The van der Waals surface area contributed by atoms with Crippen LogP contribution in [0.4, 0.5) is 11.4 Å². The Morgan fingerprint density at radius 3 is 3.12 bits per heavy atom. The molecule has 3 N–H and O–H groups in total. The van der Waals surface area contributed by atoms with E-state index >= 15 is 0 Å². The van der Waals surface area contributed by atoms with Crippen LogP contribution in [0, 0.1) is 11.3 Å². The molecular weight excluding hydrogens is 200 g/mol. The van der Waals surface area contributed by atoms with Crippen molar-refractivity contribution in [3.8, 4) is 6.07 Å². The quantitative estimate of drug-likeness (QED) is 0.778. The molecule has 4 nitrogen and oxygen atoms in total. The van der Waals surface area contributed by atoms with Crippen molar-refractivity contribution in [3.05, 3.63) is 23.8 Å². The molecule has 0 aromatic heterocycles. The number of anilines is 2. The van der Waals surface area contributed by atoms with Crippen LogP contribution in [-0.2, 0) is 0 Å². The molecule has 1 unspecified atom stereocenters. The fourth-order valence-corrected chi connectivity index (χ4v) is 2.01. The van der Waals surface area contributed by atoms with Crippen LogP contribution in [0.3, 0.4) is 0 Å². The van der Waals surface area contributed by atoms with Gasteiger partial charge in [0.25, 0.3) is 0 Å². The van der Waals surface area contributed by atoms with Gasteiger partial charge in [0.15, 0.2) is 0 Å². The number of fused-ring (bicyclic) bond motifs is 1. The number of nitrogens with zero attached hydrogens (tertiary/aromatic N) is 2. The molecule has 1 aromatic carbocycles. The van der Waals surface area contributed by atoms with Gasteiger partial charge < -0.3 is 16.0 Å². The zero-order valence-corrected chi connectivity index (χ0v) is 9.40. The number of nitrogens with two attached hydrogens (primary N) is 1. The molecule has 1 aliphatic rings. The first-order valence-corrected chi connectivity index (χ1v) is 5.51. The van der Waals surface area contributed by atoms with Gasteiger partial charge in [-0.05, 0) is 25.1 Å². The third-order valence-electron chi connectivity index (χ3n) is 2.98. The molecule has 0 radical (unpaired) electrons. The van der Waals surface area contributed by atoms with E-state index in [1.807, 2.05) is 18.2 Å². The van der Waals surface area contributed by atoms with Gasteiger partial charge in [-0.1, -0.05) is 0 Å². The molecule has 0 saturated heterocycles. The standard InChI is InChI=1S/C12H16N4/c1-9(7-13)16-5-4-15-11-6-10(8-14)2-3-12(11)16/h2-3,6,9,15H,4-5,7,13H2,1H3. The predicted octanol–water partition coefficient (Wildman–Crippen LogP) is 1.14. The highest BCUT2D eigenvalue weighted by atomic mass is 15.2. The van der Waals surface area contributed by atoms with Crippen LogP contribution < -0.4 is 16.0 Å². The second kappa shape index (κ2) is 4.42. The van der Waals surface area contributed by atoms with Crippen LogP contribution in [0.25, 0.3) is 0 Å². The molecule has 0 bridgehead atoms. The minimum Gasteiger partial charge on any atom is -0.382 e. The average molecular weight is 216 g/mol. The van der Waals surface area contributed by atoms with E-state index in [0.29, 0.717) is 18.2 Å². The highest BCUT2D eigenvalue weighted by Crippen LogP contribution is 2.30. The summed E-state index contributed by atoms with van der Waals surface area (Å²) in [4.78, 5) is 2.28. The molecule has 0 saturated carbocycles. The fourth-order valence-electron chi connectivity index (χ4n) is 2.01. The summed E-state index contributed by atoms with van der Waals surface area (Å²) < 4.78 is 0. The summed E-state index contributed by atoms with van der Waals surface area (Å²) in [5, 5.41) is 12.2. The van der Waals surface area contributed by atoms with Crippen molar-refractivity contribution in [1.82, 2.24) is 0 Å². The first kappa shape index (κ1) is 10.8. The highest BCUT2D eigenvalue weighted by molar-refractivity contribution is 5.74. The lowest BCUT2D eigenvalue weighted by atomic mass is 10.1. The van der Waals surface area contributed by atoms with Gasteiger partial charge in [0, 0.05) is 25.7 Å². The Morgan fingerprint density at radius 2 is 2.44 bits per heavy atom. The summed E-state index contributed by atoms with van der Waals surface area (Å²) in [5.41, 5.74) is 8.56. The summed E-state index contributed by atoms with van der Waals surface area (Å²) in [5.74, 6) is 0. The van der Waals surface area contributed by atoms with Crippen molar-refractivity contribution < 1.29 is 0 Å². The molecule has 2 rings (SSSR count). The largest absolute Gasteiger partial charge is 0.382 e. The molecule has 16 heavy (non-hydrogen) atoms. The van der Waals surface area contributed by atoms with Gasteiger partial charge in [0.1, 0.15) is 0 Å². The maximum Gasteiger partial charge on any atom is 0.0992 e. The molecule has 0 spiro atoms. The first-order valence-electron chi connectivity index (χ1n) is 5.51.